The lowest BCUT2D eigenvalue weighted by Crippen LogP contribution is -2.20. The lowest BCUT2D eigenvalue weighted by molar-refractivity contribution is -0.118. The van der Waals surface area contributed by atoms with Gasteiger partial charge in [0.1, 0.15) is 5.75 Å². The minimum absolute atomic E-state index is 0.156. The van der Waals surface area contributed by atoms with Crippen molar-refractivity contribution in [3.8, 4) is 28.6 Å². The van der Waals surface area contributed by atoms with Crippen LogP contribution in [0.3, 0.4) is 0 Å². The van der Waals surface area contributed by atoms with Crippen LogP contribution in [0.5, 0.6) is 5.75 Å². The predicted molar refractivity (Wildman–Crippen MR) is 101 cm³/mol. The van der Waals surface area contributed by atoms with Crippen LogP contribution in [0, 0.1) is 0 Å². The van der Waals surface area contributed by atoms with Gasteiger partial charge in [0.05, 0.1) is 5.56 Å². The Morgan fingerprint density at radius 1 is 1.11 bits per heavy atom. The van der Waals surface area contributed by atoms with Crippen molar-refractivity contribution >= 4 is 22.4 Å². The Labute approximate surface area is 158 Å². The second kappa shape index (κ2) is 7.79. The van der Waals surface area contributed by atoms with E-state index in [1.54, 1.807) is 23.7 Å². The number of hydrogen-bond acceptors (Lipinski definition) is 7. The molecule has 2 heterocycles. The number of hydrogen-bond donors (Lipinski definition) is 1. The van der Waals surface area contributed by atoms with Crippen molar-refractivity contribution in [1.29, 1.82) is 0 Å². The van der Waals surface area contributed by atoms with Gasteiger partial charge >= 0.3 is 0 Å². The number of amides is 1. The molecule has 0 unspecified atom stereocenters. The molecule has 4 aromatic rings. The third kappa shape index (κ3) is 4.01. The molecule has 8 heteroatoms. The van der Waals surface area contributed by atoms with E-state index in [-0.39, 0.29) is 12.5 Å². The number of carbonyl (C=O) groups excluding carboxylic acids is 1. The van der Waals surface area contributed by atoms with E-state index < -0.39 is 0 Å². The minimum atomic E-state index is -0.296. The molecule has 134 valence electrons. The molecule has 1 N–H and O–H groups in total. The molecule has 0 saturated heterocycles. The van der Waals surface area contributed by atoms with Crippen molar-refractivity contribution in [2.24, 2.45) is 0 Å². The van der Waals surface area contributed by atoms with E-state index in [0.717, 1.165) is 5.56 Å². The standard InChI is InChI=1S/C19H14N4O3S/c24-16(21-19-20-10-11-27-19)12-25-15-9-5-4-8-14(15)18-22-17(23-26-18)13-6-2-1-3-7-13/h1-11H,12H2,(H,20,21,24). The number of carbonyl (C=O) groups is 1. The number of rotatable bonds is 6. The lowest BCUT2D eigenvalue weighted by Gasteiger charge is -2.08. The molecule has 2 aromatic heterocycles. The van der Waals surface area contributed by atoms with Gasteiger partial charge in [-0.3, -0.25) is 10.1 Å². The first kappa shape index (κ1) is 16.9. The Hall–Kier alpha value is -3.52. The highest BCUT2D eigenvalue weighted by Crippen LogP contribution is 2.30. The van der Waals surface area contributed by atoms with Gasteiger partial charge in [-0.15, -0.1) is 11.3 Å². The van der Waals surface area contributed by atoms with Gasteiger partial charge in [0.2, 0.25) is 5.82 Å². The quantitative estimate of drug-likeness (QED) is 0.548. The van der Waals surface area contributed by atoms with Crippen LogP contribution in [0.1, 0.15) is 0 Å². The molecule has 1 amide bonds. The molecule has 0 radical (unpaired) electrons. The summed E-state index contributed by atoms with van der Waals surface area (Å²) in [6.07, 6.45) is 1.62. The fraction of sp³-hybridized carbons (Fsp3) is 0.0526. The van der Waals surface area contributed by atoms with Crippen LogP contribution >= 0.6 is 11.3 Å². The molecule has 27 heavy (non-hydrogen) atoms. The highest BCUT2D eigenvalue weighted by Gasteiger charge is 2.15. The second-order valence-corrected chi connectivity index (χ2v) is 6.35. The average molecular weight is 378 g/mol. The smallest absolute Gasteiger partial charge is 0.264 e. The van der Waals surface area contributed by atoms with Gasteiger partial charge < -0.3 is 9.26 Å². The number of nitrogens with zero attached hydrogens (tertiary/aromatic N) is 3. The highest BCUT2D eigenvalue weighted by molar-refractivity contribution is 7.13. The van der Waals surface area contributed by atoms with Gasteiger partial charge in [-0.1, -0.05) is 47.6 Å². The molecule has 0 aliphatic heterocycles. The van der Waals surface area contributed by atoms with Gasteiger partial charge in [-0.25, -0.2) is 4.98 Å². The summed E-state index contributed by atoms with van der Waals surface area (Å²) in [6.45, 7) is -0.156. The minimum Gasteiger partial charge on any atom is -0.483 e. The van der Waals surface area contributed by atoms with Crippen molar-refractivity contribution in [2.75, 3.05) is 11.9 Å². The summed E-state index contributed by atoms with van der Waals surface area (Å²) in [5, 5.41) is 9.00. The van der Waals surface area contributed by atoms with E-state index in [2.05, 4.69) is 20.4 Å². The number of benzene rings is 2. The first-order valence-corrected chi connectivity index (χ1v) is 8.98. The van der Waals surface area contributed by atoms with E-state index in [0.29, 0.717) is 28.2 Å². The molecule has 0 fully saturated rings. The third-order valence-electron chi connectivity index (χ3n) is 3.61. The molecule has 0 atom stereocenters. The van der Waals surface area contributed by atoms with Crippen LogP contribution in [0.15, 0.2) is 70.7 Å². The fourth-order valence-electron chi connectivity index (χ4n) is 2.39. The van der Waals surface area contributed by atoms with Crippen molar-refractivity contribution in [3.63, 3.8) is 0 Å². The summed E-state index contributed by atoms with van der Waals surface area (Å²) in [7, 11) is 0. The van der Waals surface area contributed by atoms with E-state index in [1.165, 1.54) is 11.3 Å². The Bertz CT molecular complexity index is 1030. The van der Waals surface area contributed by atoms with E-state index in [4.69, 9.17) is 9.26 Å². The largest absolute Gasteiger partial charge is 0.483 e. The lowest BCUT2D eigenvalue weighted by atomic mass is 10.2. The molecular formula is C19H14N4O3S. The Morgan fingerprint density at radius 3 is 2.74 bits per heavy atom. The number of para-hydroxylation sites is 1. The van der Waals surface area contributed by atoms with Crippen molar-refractivity contribution in [3.05, 3.63) is 66.2 Å². The molecule has 0 aliphatic carbocycles. The zero-order chi connectivity index (χ0) is 18.5. The number of aromatic nitrogens is 3. The van der Waals surface area contributed by atoms with E-state index in [9.17, 15) is 4.79 Å². The monoisotopic (exact) mass is 378 g/mol. The van der Waals surface area contributed by atoms with Gasteiger partial charge in [-0.05, 0) is 12.1 Å². The zero-order valence-corrected chi connectivity index (χ0v) is 14.8. The summed E-state index contributed by atoms with van der Waals surface area (Å²) >= 11 is 1.34. The number of ether oxygens (including phenoxy) is 1. The van der Waals surface area contributed by atoms with E-state index >= 15 is 0 Å². The first-order chi connectivity index (χ1) is 13.3. The highest BCUT2D eigenvalue weighted by atomic mass is 32.1. The Morgan fingerprint density at radius 2 is 1.93 bits per heavy atom. The molecule has 0 saturated carbocycles. The van der Waals surface area contributed by atoms with Gasteiger partial charge in [0.25, 0.3) is 11.8 Å². The number of anilines is 1. The van der Waals surface area contributed by atoms with Crippen LogP contribution in [-0.4, -0.2) is 27.6 Å². The summed E-state index contributed by atoms with van der Waals surface area (Å²) in [6, 6.07) is 16.7. The topological polar surface area (TPSA) is 90.1 Å². The van der Waals surface area contributed by atoms with Crippen molar-refractivity contribution < 1.29 is 14.1 Å². The fourth-order valence-corrected chi connectivity index (χ4v) is 2.94. The SMILES string of the molecule is O=C(COc1ccccc1-c1nc(-c2ccccc2)no1)Nc1nccs1. The van der Waals surface area contributed by atoms with Crippen molar-refractivity contribution in [2.45, 2.75) is 0 Å². The molecule has 4 rings (SSSR count). The van der Waals surface area contributed by atoms with Crippen LogP contribution in [-0.2, 0) is 4.79 Å². The number of nitrogens with one attached hydrogen (secondary N) is 1. The predicted octanol–water partition coefficient (Wildman–Crippen LogP) is 3.88. The molecule has 2 aromatic carbocycles. The first-order valence-electron chi connectivity index (χ1n) is 8.10. The van der Waals surface area contributed by atoms with Crippen molar-refractivity contribution in [1.82, 2.24) is 15.1 Å². The average Bonchev–Trinajstić information content (AvgIpc) is 3.39. The zero-order valence-electron chi connectivity index (χ0n) is 14.0. The molecule has 7 nitrogen and oxygen atoms in total. The van der Waals surface area contributed by atoms with E-state index in [1.807, 2.05) is 42.5 Å². The molecule has 0 bridgehead atoms. The normalized spacial score (nSPS) is 10.5. The molecule has 0 aliphatic rings. The maximum Gasteiger partial charge on any atom is 0.264 e. The van der Waals surface area contributed by atoms with Gasteiger partial charge in [0, 0.05) is 17.1 Å². The summed E-state index contributed by atoms with van der Waals surface area (Å²) in [4.78, 5) is 20.4. The van der Waals surface area contributed by atoms with Crippen LogP contribution < -0.4 is 10.1 Å². The maximum atomic E-state index is 12.0. The van der Waals surface area contributed by atoms with Crippen LogP contribution in [0.25, 0.3) is 22.8 Å². The number of thiazole rings is 1. The molecule has 0 spiro atoms. The second-order valence-electron chi connectivity index (χ2n) is 5.46. The molecular weight excluding hydrogens is 364 g/mol. The summed E-state index contributed by atoms with van der Waals surface area (Å²) < 4.78 is 11.0. The maximum absolute atomic E-state index is 12.0. The summed E-state index contributed by atoms with van der Waals surface area (Å²) in [5.74, 6) is 0.997. The van der Waals surface area contributed by atoms with Gasteiger partial charge in [-0.2, -0.15) is 4.98 Å². The third-order valence-corrected chi connectivity index (χ3v) is 4.30. The van der Waals surface area contributed by atoms with Crippen LogP contribution in [0.2, 0.25) is 0 Å². The van der Waals surface area contributed by atoms with Crippen LogP contribution in [0.4, 0.5) is 5.13 Å². The summed E-state index contributed by atoms with van der Waals surface area (Å²) in [5.41, 5.74) is 1.47. The van der Waals surface area contributed by atoms with Gasteiger partial charge in [0.15, 0.2) is 11.7 Å². The Kier molecular flexibility index (Phi) is 4.88. The Balaban J connectivity index is 1.50.